The van der Waals surface area contributed by atoms with Gasteiger partial charge in [0.05, 0.1) is 23.2 Å². The van der Waals surface area contributed by atoms with E-state index >= 15 is 0 Å². The Morgan fingerprint density at radius 2 is 1.71 bits per heavy atom. The summed E-state index contributed by atoms with van der Waals surface area (Å²) in [5.74, 6) is -3.50. The van der Waals surface area contributed by atoms with Gasteiger partial charge in [0.1, 0.15) is 17.2 Å². The lowest BCUT2D eigenvalue weighted by Gasteiger charge is -2.16. The number of amides is 1. The lowest BCUT2D eigenvalue weighted by molar-refractivity contribution is -0.147. The fraction of sp³-hybridized carbons (Fsp3) is 0.348. The van der Waals surface area contributed by atoms with E-state index in [2.05, 4.69) is 21.2 Å². The van der Waals surface area contributed by atoms with Crippen molar-refractivity contribution in [3.05, 3.63) is 45.4 Å². The number of carbonyl (C=O) groups is 3. The highest BCUT2D eigenvalue weighted by Crippen LogP contribution is 2.35. The second-order valence-electron chi connectivity index (χ2n) is 7.52. The molecule has 0 saturated heterocycles. The Hall–Kier alpha value is -3.28. The number of anilines is 1. The molecule has 0 aromatic heterocycles. The van der Waals surface area contributed by atoms with Gasteiger partial charge in [0, 0.05) is 30.2 Å². The van der Waals surface area contributed by atoms with Crippen LogP contribution in [-0.2, 0) is 16.0 Å². The van der Waals surface area contributed by atoms with Crippen molar-refractivity contribution in [2.45, 2.75) is 39.3 Å². The molecule has 0 heterocycles. The van der Waals surface area contributed by atoms with E-state index in [-0.39, 0.29) is 35.8 Å². The molecule has 1 amide bonds. The zero-order valence-electron chi connectivity index (χ0n) is 18.8. The molecule has 0 aliphatic rings. The molecular formula is C23H23BrF3NO7. The Kier molecular flexibility index (Phi) is 9.52. The standard InChI is InChI=1S/C23H23BrF3NO7/c1-12-10-16(24)19(11-17(12)28-21(31)22(32)33)35-9-3-8-34-18-5-4-14(13(2)29)20(30)15(18)6-7-23(25,26)27/h4-5,10-11,30H,3,6-9H2,1-2H3,(H,28,31)(H,32,33). The third kappa shape index (κ3) is 8.16. The smallest absolute Gasteiger partial charge is 0.394 e. The first kappa shape index (κ1) is 28.0. The van der Waals surface area contributed by atoms with Crippen LogP contribution in [0.1, 0.15) is 41.3 Å². The molecule has 0 fully saturated rings. The summed E-state index contributed by atoms with van der Waals surface area (Å²) >= 11 is 3.32. The predicted molar refractivity (Wildman–Crippen MR) is 123 cm³/mol. The number of alkyl halides is 3. The van der Waals surface area contributed by atoms with E-state index in [9.17, 15) is 32.7 Å². The Labute approximate surface area is 207 Å². The van der Waals surface area contributed by atoms with Crippen molar-refractivity contribution in [3.63, 3.8) is 0 Å². The quantitative estimate of drug-likeness (QED) is 0.211. The van der Waals surface area contributed by atoms with Crippen molar-refractivity contribution in [1.29, 1.82) is 0 Å². The number of ether oxygens (including phenoxy) is 2. The highest BCUT2D eigenvalue weighted by Gasteiger charge is 2.29. The molecule has 8 nitrogen and oxygen atoms in total. The van der Waals surface area contributed by atoms with Crippen molar-refractivity contribution in [2.24, 2.45) is 0 Å². The number of phenols is 1. The van der Waals surface area contributed by atoms with E-state index in [1.807, 2.05) is 0 Å². The van der Waals surface area contributed by atoms with Gasteiger partial charge in [-0.1, -0.05) is 0 Å². The fourth-order valence-corrected chi connectivity index (χ4v) is 3.61. The number of phenolic OH excluding ortho intramolecular Hbond substituents is 1. The second-order valence-corrected chi connectivity index (χ2v) is 8.37. The van der Waals surface area contributed by atoms with Crippen LogP contribution in [0.15, 0.2) is 28.7 Å². The molecule has 190 valence electrons. The van der Waals surface area contributed by atoms with Gasteiger partial charge in [-0.25, -0.2) is 4.79 Å². The van der Waals surface area contributed by atoms with E-state index < -0.39 is 42.4 Å². The summed E-state index contributed by atoms with van der Waals surface area (Å²) in [4.78, 5) is 33.8. The van der Waals surface area contributed by atoms with E-state index in [1.165, 1.54) is 25.1 Å². The second kappa shape index (κ2) is 11.9. The van der Waals surface area contributed by atoms with Crippen LogP contribution in [0, 0.1) is 6.92 Å². The lowest BCUT2D eigenvalue weighted by atomic mass is 10.0. The van der Waals surface area contributed by atoms with Gasteiger partial charge >= 0.3 is 18.1 Å². The number of carboxylic acid groups (broad SMARTS) is 1. The SMILES string of the molecule is CC(=O)c1ccc(OCCCOc2cc(NC(=O)C(=O)O)c(C)cc2Br)c(CCC(F)(F)F)c1O. The monoisotopic (exact) mass is 561 g/mol. The lowest BCUT2D eigenvalue weighted by Crippen LogP contribution is -2.22. The first-order valence-corrected chi connectivity index (χ1v) is 11.1. The van der Waals surface area contributed by atoms with E-state index in [4.69, 9.17) is 14.6 Å². The van der Waals surface area contributed by atoms with Gasteiger partial charge in [-0.3, -0.25) is 9.59 Å². The maximum atomic E-state index is 12.7. The number of halogens is 4. The van der Waals surface area contributed by atoms with Crippen LogP contribution < -0.4 is 14.8 Å². The van der Waals surface area contributed by atoms with Crippen LogP contribution in [-0.4, -0.2) is 47.3 Å². The van der Waals surface area contributed by atoms with E-state index in [0.717, 1.165) is 0 Å². The number of Topliss-reactive ketones (excluding diaryl/α,β-unsaturated/α-hetero) is 1. The minimum atomic E-state index is -4.45. The third-order valence-electron chi connectivity index (χ3n) is 4.80. The van der Waals surface area contributed by atoms with Gasteiger partial charge in [-0.2, -0.15) is 13.2 Å². The van der Waals surface area contributed by atoms with Crippen molar-refractivity contribution >= 4 is 39.3 Å². The number of carboxylic acids is 1. The van der Waals surface area contributed by atoms with Crippen LogP contribution in [0.5, 0.6) is 17.2 Å². The number of benzene rings is 2. The summed E-state index contributed by atoms with van der Waals surface area (Å²) in [7, 11) is 0. The van der Waals surface area contributed by atoms with Crippen LogP contribution in [0.3, 0.4) is 0 Å². The maximum absolute atomic E-state index is 12.7. The molecule has 2 aromatic carbocycles. The van der Waals surface area contributed by atoms with Gasteiger partial charge < -0.3 is 25.0 Å². The Balaban J connectivity index is 2.03. The molecule has 12 heteroatoms. The molecule has 0 aliphatic heterocycles. The molecule has 2 aromatic rings. The van der Waals surface area contributed by atoms with E-state index in [0.29, 0.717) is 22.2 Å². The van der Waals surface area contributed by atoms with Gasteiger partial charge in [-0.15, -0.1) is 0 Å². The summed E-state index contributed by atoms with van der Waals surface area (Å²) in [5.41, 5.74) is 0.661. The van der Waals surface area contributed by atoms with Crippen LogP contribution in [0.4, 0.5) is 18.9 Å². The number of aryl methyl sites for hydroxylation is 1. The van der Waals surface area contributed by atoms with Crippen molar-refractivity contribution in [2.75, 3.05) is 18.5 Å². The number of aliphatic carboxylic acids is 1. The van der Waals surface area contributed by atoms with E-state index in [1.54, 1.807) is 13.0 Å². The van der Waals surface area contributed by atoms with Crippen molar-refractivity contribution < 1.29 is 47.2 Å². The van der Waals surface area contributed by atoms with Crippen LogP contribution >= 0.6 is 15.9 Å². The number of aromatic hydroxyl groups is 1. The summed E-state index contributed by atoms with van der Waals surface area (Å²) in [6.45, 7) is 3.01. The van der Waals surface area contributed by atoms with Gasteiger partial charge in [0.15, 0.2) is 5.78 Å². The predicted octanol–water partition coefficient (Wildman–Crippen LogP) is 5.03. The molecule has 0 aliphatic carbocycles. The molecule has 0 atom stereocenters. The molecule has 35 heavy (non-hydrogen) atoms. The normalized spacial score (nSPS) is 11.1. The zero-order chi connectivity index (χ0) is 26.3. The summed E-state index contributed by atoms with van der Waals surface area (Å²) in [5, 5.41) is 21.3. The number of ketones is 1. The Morgan fingerprint density at radius 3 is 2.29 bits per heavy atom. The molecule has 0 spiro atoms. The molecule has 3 N–H and O–H groups in total. The highest BCUT2D eigenvalue weighted by molar-refractivity contribution is 9.10. The van der Waals surface area contributed by atoms with Gasteiger partial charge in [0.25, 0.3) is 0 Å². The summed E-state index contributed by atoms with van der Waals surface area (Å²) in [6, 6.07) is 5.72. The first-order valence-electron chi connectivity index (χ1n) is 10.3. The number of hydrogen-bond acceptors (Lipinski definition) is 6. The molecule has 0 radical (unpaired) electrons. The molecule has 2 rings (SSSR count). The van der Waals surface area contributed by atoms with Crippen molar-refractivity contribution in [1.82, 2.24) is 0 Å². The molecular weight excluding hydrogens is 539 g/mol. The number of hydrogen-bond donors (Lipinski definition) is 3. The number of carbonyl (C=O) groups excluding carboxylic acids is 2. The highest BCUT2D eigenvalue weighted by atomic mass is 79.9. The summed E-state index contributed by atoms with van der Waals surface area (Å²) < 4.78 is 49.9. The van der Waals surface area contributed by atoms with Crippen LogP contribution in [0.25, 0.3) is 0 Å². The van der Waals surface area contributed by atoms with Gasteiger partial charge in [0.2, 0.25) is 0 Å². The average Bonchev–Trinajstić information content (AvgIpc) is 2.74. The number of rotatable bonds is 10. The third-order valence-corrected chi connectivity index (χ3v) is 5.42. The molecule has 0 unspecified atom stereocenters. The largest absolute Gasteiger partial charge is 0.507 e. The number of nitrogens with one attached hydrogen (secondary N) is 1. The average molecular weight is 562 g/mol. The Morgan fingerprint density at radius 1 is 1.09 bits per heavy atom. The van der Waals surface area contributed by atoms with Crippen molar-refractivity contribution in [3.8, 4) is 17.2 Å². The maximum Gasteiger partial charge on any atom is 0.394 e. The van der Waals surface area contributed by atoms with Crippen LogP contribution in [0.2, 0.25) is 0 Å². The minimum Gasteiger partial charge on any atom is -0.507 e. The minimum absolute atomic E-state index is 0.0317. The molecule has 0 saturated carbocycles. The zero-order valence-corrected chi connectivity index (χ0v) is 20.4. The fourth-order valence-electron chi connectivity index (χ4n) is 3.04. The molecule has 0 bridgehead atoms. The van der Waals surface area contributed by atoms with Gasteiger partial charge in [-0.05, 0) is 60.0 Å². The first-order chi connectivity index (χ1) is 16.3. The Bertz CT molecular complexity index is 1120. The topological polar surface area (TPSA) is 122 Å². The summed E-state index contributed by atoms with van der Waals surface area (Å²) in [6.07, 6.45) is -5.90.